The van der Waals surface area contributed by atoms with Gasteiger partial charge >= 0.3 is 0 Å². The van der Waals surface area contributed by atoms with E-state index in [-0.39, 0.29) is 11.4 Å². The number of nitrogens with zero attached hydrogens (tertiary/aromatic N) is 3. The number of nitriles is 1. The lowest BCUT2D eigenvalue weighted by Crippen LogP contribution is -2.09. The maximum absolute atomic E-state index is 13.5. The molecule has 1 aromatic rings. The highest BCUT2D eigenvalue weighted by Gasteiger charge is 2.18. The molecule has 0 fully saturated rings. The van der Waals surface area contributed by atoms with Crippen molar-refractivity contribution in [3.63, 3.8) is 0 Å². The van der Waals surface area contributed by atoms with Crippen LogP contribution in [0.15, 0.2) is 6.33 Å². The molecule has 1 N–H and O–H groups in total. The van der Waals surface area contributed by atoms with Crippen molar-refractivity contribution in [1.29, 1.82) is 5.26 Å². The number of aromatic nitrogens is 2. The van der Waals surface area contributed by atoms with Crippen molar-refractivity contribution >= 4 is 0 Å². The van der Waals surface area contributed by atoms with Gasteiger partial charge in [0.05, 0.1) is 24.1 Å². The van der Waals surface area contributed by atoms with Crippen LogP contribution in [0.5, 0.6) is 0 Å². The Morgan fingerprint density at radius 2 is 2.36 bits per heavy atom. The third-order valence-corrected chi connectivity index (χ3v) is 1.89. The zero-order valence-electron chi connectivity index (χ0n) is 7.74. The fraction of sp³-hybridized carbons (Fsp3) is 0.444. The third kappa shape index (κ3) is 1.86. The minimum absolute atomic E-state index is 0.0261. The lowest BCUT2D eigenvalue weighted by Gasteiger charge is -2.07. The maximum Gasteiger partial charge on any atom is 0.167 e. The summed E-state index contributed by atoms with van der Waals surface area (Å²) in [4.78, 5) is 7.39. The lowest BCUT2D eigenvalue weighted by atomic mass is 10.1. The molecule has 0 radical (unpaired) electrons. The molecule has 1 aromatic heterocycles. The third-order valence-electron chi connectivity index (χ3n) is 1.89. The van der Waals surface area contributed by atoms with Gasteiger partial charge < -0.3 is 5.11 Å². The highest BCUT2D eigenvalue weighted by molar-refractivity contribution is 5.21. The molecule has 0 aliphatic carbocycles. The number of aliphatic hydroxyl groups is 1. The van der Waals surface area contributed by atoms with Gasteiger partial charge in [-0.15, -0.1) is 0 Å². The molecule has 0 amide bonds. The molecule has 0 spiro atoms. The molecule has 0 aliphatic rings. The van der Waals surface area contributed by atoms with Crippen LogP contribution in [-0.4, -0.2) is 21.7 Å². The standard InChI is InChI=1S/C9H10FN3O/c1-2-7-8(10)9(13-5-12-7)6(3-11)4-14/h5-6,14H,2,4H2,1H3. The van der Waals surface area contributed by atoms with Gasteiger partial charge in [0.2, 0.25) is 0 Å². The molecule has 0 aliphatic heterocycles. The van der Waals surface area contributed by atoms with E-state index in [4.69, 9.17) is 10.4 Å². The van der Waals surface area contributed by atoms with E-state index in [1.54, 1.807) is 13.0 Å². The average molecular weight is 195 g/mol. The number of hydrogen-bond acceptors (Lipinski definition) is 4. The second kappa shape index (κ2) is 4.63. The Kier molecular flexibility index (Phi) is 3.48. The molecule has 4 nitrogen and oxygen atoms in total. The van der Waals surface area contributed by atoms with Gasteiger partial charge in [-0.25, -0.2) is 14.4 Å². The summed E-state index contributed by atoms with van der Waals surface area (Å²) in [5.41, 5.74) is 0.241. The summed E-state index contributed by atoms with van der Waals surface area (Å²) in [6.07, 6.45) is 1.64. The summed E-state index contributed by atoms with van der Waals surface area (Å²) in [6.45, 7) is 1.32. The van der Waals surface area contributed by atoms with Gasteiger partial charge in [-0.3, -0.25) is 0 Å². The van der Waals surface area contributed by atoms with Crippen LogP contribution in [0.4, 0.5) is 4.39 Å². The summed E-state index contributed by atoms with van der Waals surface area (Å²) in [7, 11) is 0. The van der Waals surface area contributed by atoms with Gasteiger partial charge in [0.1, 0.15) is 12.2 Å². The molecule has 74 valence electrons. The van der Waals surface area contributed by atoms with E-state index in [1.165, 1.54) is 6.33 Å². The predicted molar refractivity (Wildman–Crippen MR) is 46.8 cm³/mol. The maximum atomic E-state index is 13.5. The van der Waals surface area contributed by atoms with Gasteiger partial charge in [-0.2, -0.15) is 5.26 Å². The Bertz CT molecular complexity index is 362. The number of aryl methyl sites for hydroxylation is 1. The van der Waals surface area contributed by atoms with Crippen molar-refractivity contribution in [2.24, 2.45) is 0 Å². The number of rotatable bonds is 3. The van der Waals surface area contributed by atoms with Crippen molar-refractivity contribution in [1.82, 2.24) is 9.97 Å². The molecule has 0 saturated carbocycles. The minimum Gasteiger partial charge on any atom is -0.395 e. The van der Waals surface area contributed by atoms with E-state index in [1.807, 2.05) is 0 Å². The molecule has 1 rings (SSSR count). The largest absolute Gasteiger partial charge is 0.395 e. The van der Waals surface area contributed by atoms with Crippen molar-refractivity contribution in [3.05, 3.63) is 23.5 Å². The molecule has 1 atom stereocenters. The Morgan fingerprint density at radius 3 is 2.86 bits per heavy atom. The molecule has 1 unspecified atom stereocenters. The minimum atomic E-state index is -0.914. The smallest absolute Gasteiger partial charge is 0.167 e. The fourth-order valence-corrected chi connectivity index (χ4v) is 1.10. The first kappa shape index (κ1) is 10.5. The van der Waals surface area contributed by atoms with Crippen LogP contribution in [0.2, 0.25) is 0 Å². The zero-order valence-corrected chi connectivity index (χ0v) is 7.74. The molecule has 0 saturated heterocycles. The molecule has 5 heteroatoms. The van der Waals surface area contributed by atoms with E-state index < -0.39 is 18.3 Å². The topological polar surface area (TPSA) is 69.8 Å². The van der Waals surface area contributed by atoms with Gasteiger partial charge in [-0.05, 0) is 6.42 Å². The predicted octanol–water partition coefficient (Wildman–Crippen LogP) is 0.778. The Balaban J connectivity index is 3.15. The van der Waals surface area contributed by atoms with Crippen LogP contribution in [-0.2, 0) is 6.42 Å². The first-order chi connectivity index (χ1) is 6.74. The summed E-state index contributed by atoms with van der Waals surface area (Å²) in [5.74, 6) is -1.50. The molecule has 14 heavy (non-hydrogen) atoms. The van der Waals surface area contributed by atoms with Crippen molar-refractivity contribution in [2.45, 2.75) is 19.3 Å². The van der Waals surface area contributed by atoms with Crippen molar-refractivity contribution < 1.29 is 9.50 Å². The van der Waals surface area contributed by atoms with Gasteiger partial charge in [0, 0.05) is 0 Å². The zero-order chi connectivity index (χ0) is 10.6. The van der Waals surface area contributed by atoms with Crippen LogP contribution >= 0.6 is 0 Å². The van der Waals surface area contributed by atoms with Crippen molar-refractivity contribution in [3.8, 4) is 6.07 Å². The first-order valence-electron chi connectivity index (χ1n) is 4.24. The second-order valence-electron chi connectivity index (χ2n) is 2.74. The number of halogens is 1. The lowest BCUT2D eigenvalue weighted by molar-refractivity contribution is 0.281. The SMILES string of the molecule is CCc1ncnc(C(C#N)CO)c1F. The van der Waals surface area contributed by atoms with Crippen LogP contribution in [0.25, 0.3) is 0 Å². The molecular weight excluding hydrogens is 185 g/mol. The number of aliphatic hydroxyl groups excluding tert-OH is 1. The quantitative estimate of drug-likeness (QED) is 0.773. The summed E-state index contributed by atoms with van der Waals surface area (Å²) in [5, 5.41) is 17.4. The molecule has 0 aromatic carbocycles. The monoisotopic (exact) mass is 195 g/mol. The Hall–Kier alpha value is -1.54. The van der Waals surface area contributed by atoms with Crippen LogP contribution in [0.1, 0.15) is 24.2 Å². The highest BCUT2D eigenvalue weighted by Crippen LogP contribution is 2.17. The van der Waals surface area contributed by atoms with E-state index in [0.29, 0.717) is 6.42 Å². The fourth-order valence-electron chi connectivity index (χ4n) is 1.10. The highest BCUT2D eigenvalue weighted by atomic mass is 19.1. The Morgan fingerprint density at radius 1 is 1.64 bits per heavy atom. The first-order valence-corrected chi connectivity index (χ1v) is 4.24. The summed E-state index contributed by atoms with van der Waals surface area (Å²) < 4.78 is 13.5. The van der Waals surface area contributed by atoms with Crippen LogP contribution in [0.3, 0.4) is 0 Å². The molecular formula is C9H10FN3O. The van der Waals surface area contributed by atoms with E-state index in [2.05, 4.69) is 9.97 Å². The summed E-state index contributed by atoms with van der Waals surface area (Å²) in [6, 6.07) is 1.78. The van der Waals surface area contributed by atoms with Gasteiger partial charge in [0.25, 0.3) is 0 Å². The van der Waals surface area contributed by atoms with Crippen molar-refractivity contribution in [2.75, 3.05) is 6.61 Å². The van der Waals surface area contributed by atoms with E-state index in [9.17, 15) is 4.39 Å². The van der Waals surface area contributed by atoms with Crippen LogP contribution in [0, 0.1) is 17.1 Å². The molecule has 0 bridgehead atoms. The number of hydrogen-bond donors (Lipinski definition) is 1. The van der Waals surface area contributed by atoms with E-state index >= 15 is 0 Å². The summed E-state index contributed by atoms with van der Waals surface area (Å²) >= 11 is 0. The Labute approximate surface area is 81.0 Å². The van der Waals surface area contributed by atoms with Crippen LogP contribution < -0.4 is 0 Å². The second-order valence-corrected chi connectivity index (χ2v) is 2.74. The average Bonchev–Trinajstić information content (AvgIpc) is 2.22. The molecule has 1 heterocycles. The normalized spacial score (nSPS) is 12.1. The van der Waals surface area contributed by atoms with Gasteiger partial charge in [0.15, 0.2) is 5.82 Å². The van der Waals surface area contributed by atoms with E-state index in [0.717, 1.165) is 0 Å². The van der Waals surface area contributed by atoms with Gasteiger partial charge in [-0.1, -0.05) is 6.92 Å².